The minimum absolute atomic E-state index is 0.144. The molecule has 17 heavy (non-hydrogen) atoms. The molecule has 0 aliphatic rings. The minimum Gasteiger partial charge on any atom is -0.324 e. The summed E-state index contributed by atoms with van der Waals surface area (Å²) in [5, 5.41) is 7.67. The Hall–Kier alpha value is -1.27. The molecule has 2 aromatic rings. The number of halogens is 2. The first-order valence-corrected chi connectivity index (χ1v) is 5.90. The summed E-state index contributed by atoms with van der Waals surface area (Å²) < 4.78 is 15.9. The first-order chi connectivity index (χ1) is 8.00. The van der Waals surface area contributed by atoms with E-state index in [4.69, 9.17) is 5.73 Å². The van der Waals surface area contributed by atoms with Crippen LogP contribution in [-0.2, 0) is 7.05 Å². The summed E-state index contributed by atoms with van der Waals surface area (Å²) in [6.45, 7) is 1.85. The molecule has 0 saturated carbocycles. The molecule has 1 atom stereocenters. The molecule has 0 spiro atoms. The third-order valence-electron chi connectivity index (χ3n) is 2.56. The quantitative estimate of drug-likeness (QED) is 0.926. The van der Waals surface area contributed by atoms with E-state index in [1.807, 2.05) is 6.92 Å². The van der Waals surface area contributed by atoms with Crippen LogP contribution in [0.15, 0.2) is 22.8 Å². The molecule has 0 saturated heterocycles. The molecule has 0 bridgehead atoms. The number of nitrogens with two attached hydrogens (primary N) is 1. The van der Waals surface area contributed by atoms with E-state index in [2.05, 4.69) is 26.2 Å². The number of aryl methyl sites for hydroxylation is 1. The van der Waals surface area contributed by atoms with E-state index in [0.717, 1.165) is 5.56 Å². The predicted octanol–water partition coefficient (Wildman–Crippen LogP) is 2.40. The van der Waals surface area contributed by atoms with Crippen LogP contribution in [0.5, 0.6) is 0 Å². The molecule has 1 aromatic carbocycles. The van der Waals surface area contributed by atoms with Crippen molar-refractivity contribution in [3.05, 3.63) is 34.2 Å². The topological polar surface area (TPSA) is 56.7 Å². The maximum Gasteiger partial charge on any atom is 0.156 e. The van der Waals surface area contributed by atoms with Crippen LogP contribution in [0, 0.1) is 5.82 Å². The molecule has 0 fully saturated rings. The van der Waals surface area contributed by atoms with Gasteiger partial charge in [-0.2, -0.15) is 0 Å². The molecular weight excluding hydrogens is 287 g/mol. The van der Waals surface area contributed by atoms with Crippen LogP contribution in [0.3, 0.4) is 0 Å². The second kappa shape index (κ2) is 4.54. The van der Waals surface area contributed by atoms with Crippen molar-refractivity contribution < 1.29 is 4.39 Å². The van der Waals surface area contributed by atoms with Crippen LogP contribution >= 0.6 is 15.9 Å². The van der Waals surface area contributed by atoms with Gasteiger partial charge in [-0.3, -0.25) is 0 Å². The Kier molecular flexibility index (Phi) is 3.26. The van der Waals surface area contributed by atoms with Crippen molar-refractivity contribution in [2.75, 3.05) is 0 Å². The van der Waals surface area contributed by atoms with Crippen LogP contribution < -0.4 is 5.73 Å². The zero-order valence-electron chi connectivity index (χ0n) is 9.48. The average Bonchev–Trinajstić information content (AvgIpc) is 2.59. The summed E-state index contributed by atoms with van der Waals surface area (Å²) in [7, 11) is 1.71. The van der Waals surface area contributed by atoms with E-state index in [0.29, 0.717) is 15.9 Å². The van der Waals surface area contributed by atoms with Gasteiger partial charge in [0.1, 0.15) is 11.5 Å². The van der Waals surface area contributed by atoms with Crippen molar-refractivity contribution in [3.8, 4) is 11.3 Å². The monoisotopic (exact) mass is 298 g/mol. The fraction of sp³-hybridized carbons (Fsp3) is 0.273. The molecule has 0 aliphatic heterocycles. The number of nitrogens with zero attached hydrogens (tertiary/aromatic N) is 3. The number of aromatic nitrogens is 3. The van der Waals surface area contributed by atoms with E-state index in [-0.39, 0.29) is 11.9 Å². The first-order valence-electron chi connectivity index (χ1n) is 5.11. The summed E-state index contributed by atoms with van der Waals surface area (Å²) in [5.41, 5.74) is 7.71. The lowest BCUT2D eigenvalue weighted by molar-refractivity contribution is 0.625. The Balaban J connectivity index is 2.62. The number of benzene rings is 1. The normalized spacial score (nSPS) is 12.8. The highest BCUT2D eigenvalue weighted by molar-refractivity contribution is 9.10. The van der Waals surface area contributed by atoms with Gasteiger partial charge in [0.05, 0.1) is 0 Å². The SMILES string of the molecule is CC(N)c1ccc(F)c(-c2c(Br)nnn2C)c1. The number of hydrogen-bond donors (Lipinski definition) is 1. The van der Waals surface area contributed by atoms with Crippen molar-refractivity contribution in [2.45, 2.75) is 13.0 Å². The third-order valence-corrected chi connectivity index (χ3v) is 3.09. The number of rotatable bonds is 2. The average molecular weight is 299 g/mol. The van der Waals surface area contributed by atoms with Crippen molar-refractivity contribution in [1.82, 2.24) is 15.0 Å². The van der Waals surface area contributed by atoms with Gasteiger partial charge in [0.25, 0.3) is 0 Å². The summed E-state index contributed by atoms with van der Waals surface area (Å²) in [4.78, 5) is 0. The Morgan fingerprint density at radius 3 is 2.71 bits per heavy atom. The van der Waals surface area contributed by atoms with Gasteiger partial charge >= 0.3 is 0 Å². The molecule has 0 radical (unpaired) electrons. The molecule has 2 rings (SSSR count). The van der Waals surface area contributed by atoms with Crippen molar-refractivity contribution in [2.24, 2.45) is 12.8 Å². The lowest BCUT2D eigenvalue weighted by Gasteiger charge is -2.09. The Bertz CT molecular complexity index is 531. The summed E-state index contributed by atoms with van der Waals surface area (Å²) >= 11 is 3.26. The van der Waals surface area contributed by atoms with Crippen molar-refractivity contribution >= 4 is 15.9 Å². The minimum atomic E-state index is -0.319. The standard InChI is InChI=1S/C11H12BrFN4/c1-6(14)7-3-4-9(13)8(5-7)10-11(12)15-16-17(10)2/h3-6H,14H2,1-2H3. The maximum atomic E-state index is 13.8. The molecule has 90 valence electrons. The van der Waals surface area contributed by atoms with E-state index >= 15 is 0 Å². The largest absolute Gasteiger partial charge is 0.324 e. The van der Waals surface area contributed by atoms with Gasteiger partial charge in [-0.15, -0.1) is 5.10 Å². The number of hydrogen-bond acceptors (Lipinski definition) is 3. The molecule has 1 aromatic heterocycles. The highest BCUT2D eigenvalue weighted by atomic mass is 79.9. The molecule has 1 unspecified atom stereocenters. The van der Waals surface area contributed by atoms with Crippen LogP contribution in [0.25, 0.3) is 11.3 Å². The molecule has 0 aliphatic carbocycles. The Morgan fingerprint density at radius 2 is 2.18 bits per heavy atom. The fourth-order valence-electron chi connectivity index (χ4n) is 1.62. The fourth-order valence-corrected chi connectivity index (χ4v) is 2.17. The Morgan fingerprint density at radius 1 is 1.47 bits per heavy atom. The van der Waals surface area contributed by atoms with Crippen LogP contribution in [0.1, 0.15) is 18.5 Å². The van der Waals surface area contributed by atoms with Gasteiger partial charge in [0.15, 0.2) is 4.60 Å². The van der Waals surface area contributed by atoms with E-state index in [1.54, 1.807) is 19.2 Å². The lowest BCUT2D eigenvalue weighted by atomic mass is 10.0. The van der Waals surface area contributed by atoms with Gasteiger partial charge in [0.2, 0.25) is 0 Å². The molecule has 0 amide bonds. The summed E-state index contributed by atoms with van der Waals surface area (Å²) in [5.74, 6) is -0.319. The second-order valence-electron chi connectivity index (χ2n) is 3.88. The summed E-state index contributed by atoms with van der Waals surface area (Å²) in [6, 6.07) is 4.67. The molecule has 4 nitrogen and oxygen atoms in total. The zero-order valence-corrected chi connectivity index (χ0v) is 11.1. The van der Waals surface area contributed by atoms with Gasteiger partial charge in [0, 0.05) is 18.7 Å². The maximum absolute atomic E-state index is 13.8. The zero-order chi connectivity index (χ0) is 12.6. The van der Waals surface area contributed by atoms with E-state index in [9.17, 15) is 4.39 Å². The smallest absolute Gasteiger partial charge is 0.156 e. The van der Waals surface area contributed by atoms with Crippen LogP contribution in [0.2, 0.25) is 0 Å². The molecular formula is C11H12BrFN4. The van der Waals surface area contributed by atoms with Crippen LogP contribution in [-0.4, -0.2) is 15.0 Å². The van der Waals surface area contributed by atoms with E-state index in [1.165, 1.54) is 10.7 Å². The lowest BCUT2D eigenvalue weighted by Crippen LogP contribution is -2.06. The van der Waals surface area contributed by atoms with Crippen molar-refractivity contribution in [3.63, 3.8) is 0 Å². The molecule has 1 heterocycles. The van der Waals surface area contributed by atoms with E-state index < -0.39 is 0 Å². The highest BCUT2D eigenvalue weighted by Crippen LogP contribution is 2.29. The van der Waals surface area contributed by atoms with Crippen molar-refractivity contribution in [1.29, 1.82) is 0 Å². The summed E-state index contributed by atoms with van der Waals surface area (Å²) in [6.07, 6.45) is 0. The highest BCUT2D eigenvalue weighted by Gasteiger charge is 2.16. The molecule has 2 N–H and O–H groups in total. The Labute approximate surface area is 107 Å². The third kappa shape index (κ3) is 2.23. The van der Waals surface area contributed by atoms with Gasteiger partial charge < -0.3 is 5.73 Å². The van der Waals surface area contributed by atoms with Gasteiger partial charge in [-0.1, -0.05) is 11.3 Å². The second-order valence-corrected chi connectivity index (χ2v) is 4.63. The van der Waals surface area contributed by atoms with Crippen LogP contribution in [0.4, 0.5) is 4.39 Å². The predicted molar refractivity (Wildman–Crippen MR) is 66.7 cm³/mol. The van der Waals surface area contributed by atoms with Gasteiger partial charge in [-0.25, -0.2) is 9.07 Å². The first kappa shape index (κ1) is 12.2. The molecule has 6 heteroatoms. The van der Waals surface area contributed by atoms with Gasteiger partial charge in [-0.05, 0) is 40.5 Å².